The van der Waals surface area contributed by atoms with Crippen molar-refractivity contribution in [1.29, 1.82) is 0 Å². The second-order valence-electron chi connectivity index (χ2n) is 4.68. The van der Waals surface area contributed by atoms with Crippen molar-refractivity contribution >= 4 is 23.1 Å². The first-order chi connectivity index (χ1) is 10.2. The third-order valence-corrected chi connectivity index (χ3v) is 5.25. The minimum Gasteiger partial charge on any atom is -0.494 e. The van der Waals surface area contributed by atoms with E-state index in [0.717, 1.165) is 28.1 Å². The molecule has 1 heterocycles. The molecule has 3 nitrogen and oxygen atoms in total. The summed E-state index contributed by atoms with van der Waals surface area (Å²) in [5, 5.41) is 5.64. The quantitative estimate of drug-likeness (QED) is 0.735. The number of nitrogens with zero attached hydrogens (tertiary/aromatic N) is 1. The van der Waals surface area contributed by atoms with Gasteiger partial charge in [-0.25, -0.2) is 4.98 Å². The molecule has 0 saturated carbocycles. The average Bonchev–Trinajstić information content (AvgIpc) is 2.90. The maximum Gasteiger partial charge on any atom is 0.150 e. The van der Waals surface area contributed by atoms with E-state index < -0.39 is 0 Å². The van der Waals surface area contributed by atoms with Gasteiger partial charge in [-0.2, -0.15) is 0 Å². The van der Waals surface area contributed by atoms with E-state index in [1.807, 2.05) is 37.7 Å². The number of thiazole rings is 1. The summed E-state index contributed by atoms with van der Waals surface area (Å²) < 4.78 is 6.64. The maximum absolute atomic E-state index is 5.50. The number of aromatic nitrogens is 1. The van der Waals surface area contributed by atoms with Crippen molar-refractivity contribution < 1.29 is 4.74 Å². The number of rotatable bonds is 8. The normalized spacial score (nSPS) is 12.3. The molecule has 0 bridgehead atoms. The summed E-state index contributed by atoms with van der Waals surface area (Å²) in [4.78, 5) is 4.51. The molecule has 1 aromatic carbocycles. The summed E-state index contributed by atoms with van der Waals surface area (Å²) in [7, 11) is 0. The van der Waals surface area contributed by atoms with Crippen LogP contribution in [0.1, 0.15) is 31.1 Å². The van der Waals surface area contributed by atoms with Gasteiger partial charge in [-0.15, -0.1) is 11.3 Å². The van der Waals surface area contributed by atoms with Crippen LogP contribution in [0.3, 0.4) is 0 Å². The summed E-state index contributed by atoms with van der Waals surface area (Å²) in [5.74, 6) is 1.91. The molecule has 0 saturated heterocycles. The van der Waals surface area contributed by atoms with Gasteiger partial charge in [-0.05, 0) is 38.1 Å². The third-order valence-electron chi connectivity index (χ3n) is 3.02. The molecule has 2 aromatic rings. The number of hydrogen-bond acceptors (Lipinski definition) is 5. The highest BCUT2D eigenvalue weighted by molar-refractivity contribution is 8.01. The van der Waals surface area contributed by atoms with Crippen LogP contribution in [0.15, 0.2) is 34.0 Å². The molecule has 21 heavy (non-hydrogen) atoms. The number of aryl methyl sites for hydroxylation is 1. The van der Waals surface area contributed by atoms with Crippen molar-refractivity contribution in [2.24, 2.45) is 0 Å². The molecule has 0 radical (unpaired) electrons. The van der Waals surface area contributed by atoms with Gasteiger partial charge in [-0.3, -0.25) is 0 Å². The molecule has 2 rings (SSSR count). The zero-order valence-electron chi connectivity index (χ0n) is 12.8. The van der Waals surface area contributed by atoms with Crippen LogP contribution in [-0.4, -0.2) is 23.9 Å². The lowest BCUT2D eigenvalue weighted by Gasteiger charge is -2.18. The summed E-state index contributed by atoms with van der Waals surface area (Å²) in [6.45, 7) is 7.83. The zero-order chi connectivity index (χ0) is 15.1. The Morgan fingerprint density at radius 3 is 2.62 bits per heavy atom. The van der Waals surface area contributed by atoms with E-state index in [4.69, 9.17) is 4.74 Å². The predicted octanol–water partition coefficient (Wildman–Crippen LogP) is 4.29. The zero-order valence-corrected chi connectivity index (χ0v) is 14.4. The Kier molecular flexibility index (Phi) is 6.54. The Morgan fingerprint density at radius 1 is 1.29 bits per heavy atom. The van der Waals surface area contributed by atoms with Gasteiger partial charge in [0, 0.05) is 22.9 Å². The molecule has 0 spiro atoms. The molecule has 1 unspecified atom stereocenters. The van der Waals surface area contributed by atoms with Crippen LogP contribution in [0, 0.1) is 6.92 Å². The molecule has 1 N–H and O–H groups in total. The van der Waals surface area contributed by atoms with E-state index in [-0.39, 0.29) is 0 Å². The van der Waals surface area contributed by atoms with E-state index in [0.29, 0.717) is 12.6 Å². The maximum atomic E-state index is 5.50. The van der Waals surface area contributed by atoms with Gasteiger partial charge < -0.3 is 10.1 Å². The topological polar surface area (TPSA) is 34.2 Å². The van der Waals surface area contributed by atoms with Gasteiger partial charge in [0.15, 0.2) is 0 Å². The Labute approximate surface area is 135 Å². The highest BCUT2D eigenvalue weighted by Crippen LogP contribution is 2.28. The van der Waals surface area contributed by atoms with Gasteiger partial charge in [0.1, 0.15) is 10.1 Å². The Bertz CT molecular complexity index is 539. The van der Waals surface area contributed by atoms with Crippen LogP contribution in [0.5, 0.6) is 5.75 Å². The van der Waals surface area contributed by atoms with Crippen molar-refractivity contribution in [2.45, 2.75) is 31.2 Å². The first-order valence-corrected chi connectivity index (χ1v) is 9.10. The van der Waals surface area contributed by atoms with E-state index in [9.17, 15) is 0 Å². The van der Waals surface area contributed by atoms with Crippen molar-refractivity contribution in [1.82, 2.24) is 10.3 Å². The molecule has 0 aliphatic carbocycles. The van der Waals surface area contributed by atoms with E-state index >= 15 is 0 Å². The molecule has 1 aromatic heterocycles. The minimum absolute atomic E-state index is 0.333. The molecule has 5 heteroatoms. The van der Waals surface area contributed by atoms with Crippen LogP contribution in [0.2, 0.25) is 0 Å². The van der Waals surface area contributed by atoms with Gasteiger partial charge in [0.25, 0.3) is 0 Å². The average molecular weight is 322 g/mol. The SMILES string of the molecule is CCNC(CSc1nc(C)cs1)c1ccc(OCC)cc1. The van der Waals surface area contributed by atoms with Crippen LogP contribution >= 0.6 is 23.1 Å². The van der Waals surface area contributed by atoms with Crippen molar-refractivity contribution in [3.8, 4) is 5.75 Å². The lowest BCUT2D eigenvalue weighted by Crippen LogP contribution is -2.22. The standard InChI is InChI=1S/C16H22N2OS2/c1-4-17-15(11-21-16-18-12(3)10-20-16)13-6-8-14(9-7-13)19-5-2/h6-10,15,17H,4-5,11H2,1-3H3. The second kappa shape index (κ2) is 8.41. The summed E-state index contributed by atoms with van der Waals surface area (Å²) in [6.07, 6.45) is 0. The number of nitrogens with one attached hydrogen (secondary N) is 1. The van der Waals surface area contributed by atoms with Gasteiger partial charge in [-0.1, -0.05) is 30.8 Å². The summed E-state index contributed by atoms with van der Waals surface area (Å²) >= 11 is 3.53. The van der Waals surface area contributed by atoms with E-state index in [1.165, 1.54) is 5.56 Å². The van der Waals surface area contributed by atoms with E-state index in [2.05, 4.69) is 34.7 Å². The number of benzene rings is 1. The minimum atomic E-state index is 0.333. The number of thioether (sulfide) groups is 1. The van der Waals surface area contributed by atoms with Gasteiger partial charge in [0.2, 0.25) is 0 Å². The van der Waals surface area contributed by atoms with Gasteiger partial charge >= 0.3 is 0 Å². The molecular formula is C16H22N2OS2. The van der Waals surface area contributed by atoms with Crippen LogP contribution < -0.4 is 10.1 Å². The molecular weight excluding hydrogens is 300 g/mol. The number of ether oxygens (including phenoxy) is 1. The molecule has 0 fully saturated rings. The predicted molar refractivity (Wildman–Crippen MR) is 91.6 cm³/mol. The first kappa shape index (κ1) is 16.3. The van der Waals surface area contributed by atoms with Crippen LogP contribution in [-0.2, 0) is 0 Å². The Hall–Kier alpha value is -1.04. The molecule has 0 aliphatic rings. The summed E-state index contributed by atoms with van der Waals surface area (Å²) in [6, 6.07) is 8.71. The largest absolute Gasteiger partial charge is 0.494 e. The molecule has 1 atom stereocenters. The Morgan fingerprint density at radius 2 is 2.05 bits per heavy atom. The summed E-state index contributed by atoms with van der Waals surface area (Å²) in [5.41, 5.74) is 2.39. The highest BCUT2D eigenvalue weighted by atomic mass is 32.2. The fourth-order valence-electron chi connectivity index (χ4n) is 2.04. The fourth-order valence-corrected chi connectivity index (χ4v) is 4.01. The smallest absolute Gasteiger partial charge is 0.150 e. The fraction of sp³-hybridized carbons (Fsp3) is 0.438. The molecule has 0 aliphatic heterocycles. The van der Waals surface area contributed by atoms with Crippen LogP contribution in [0.25, 0.3) is 0 Å². The van der Waals surface area contributed by atoms with Crippen molar-refractivity contribution in [3.05, 3.63) is 40.9 Å². The van der Waals surface area contributed by atoms with E-state index in [1.54, 1.807) is 11.3 Å². The highest BCUT2D eigenvalue weighted by Gasteiger charge is 2.12. The third kappa shape index (κ3) is 5.02. The Balaban J connectivity index is 2.00. The second-order valence-corrected chi connectivity index (χ2v) is 6.80. The first-order valence-electron chi connectivity index (χ1n) is 7.24. The monoisotopic (exact) mass is 322 g/mol. The van der Waals surface area contributed by atoms with Crippen molar-refractivity contribution in [3.63, 3.8) is 0 Å². The number of hydrogen-bond donors (Lipinski definition) is 1. The lowest BCUT2D eigenvalue weighted by molar-refractivity contribution is 0.340. The molecule has 114 valence electrons. The van der Waals surface area contributed by atoms with Gasteiger partial charge in [0.05, 0.1) is 6.61 Å². The van der Waals surface area contributed by atoms with Crippen LogP contribution in [0.4, 0.5) is 0 Å². The van der Waals surface area contributed by atoms with Crippen molar-refractivity contribution in [2.75, 3.05) is 18.9 Å². The lowest BCUT2D eigenvalue weighted by atomic mass is 10.1. The molecule has 0 amide bonds.